The van der Waals surface area contributed by atoms with Crippen molar-refractivity contribution < 1.29 is 9.90 Å². The van der Waals surface area contributed by atoms with Crippen molar-refractivity contribution in [2.75, 3.05) is 0 Å². The van der Waals surface area contributed by atoms with Gasteiger partial charge in [-0.1, -0.05) is 84.0 Å². The summed E-state index contributed by atoms with van der Waals surface area (Å²) in [5, 5.41) is 13.9. The van der Waals surface area contributed by atoms with Gasteiger partial charge in [0, 0.05) is 6.54 Å². The Morgan fingerprint density at radius 1 is 0.963 bits per heavy atom. The lowest BCUT2D eigenvalue weighted by molar-refractivity contribution is -0.122. The molecule has 146 valence electrons. The highest BCUT2D eigenvalue weighted by molar-refractivity contribution is 5.83. The zero-order valence-electron chi connectivity index (χ0n) is 17.7. The van der Waals surface area contributed by atoms with Gasteiger partial charge in [-0.2, -0.15) is 0 Å². The lowest BCUT2D eigenvalue weighted by Gasteiger charge is -2.29. The normalized spacial score (nSPS) is 13.3. The highest BCUT2D eigenvalue weighted by Gasteiger charge is 2.28. The van der Waals surface area contributed by atoms with E-state index in [-0.39, 0.29) is 22.7 Å². The Bertz CT molecular complexity index is 760. The topological polar surface area (TPSA) is 49.3 Å². The van der Waals surface area contributed by atoms with Crippen molar-refractivity contribution in [1.29, 1.82) is 0 Å². The number of carbonyl (C=O) groups is 1. The average Bonchev–Trinajstić information content (AvgIpc) is 2.58. The molecule has 0 aliphatic heterocycles. The molecule has 0 aliphatic rings. The van der Waals surface area contributed by atoms with Gasteiger partial charge in [0.2, 0.25) is 5.91 Å². The van der Waals surface area contributed by atoms with Crippen LogP contribution in [0.25, 0.3) is 0 Å². The van der Waals surface area contributed by atoms with Gasteiger partial charge < -0.3 is 10.4 Å². The first-order valence-corrected chi connectivity index (χ1v) is 9.60. The predicted octanol–water partition coefficient (Wildman–Crippen LogP) is 5.41. The molecule has 0 saturated carbocycles. The van der Waals surface area contributed by atoms with Gasteiger partial charge >= 0.3 is 0 Å². The summed E-state index contributed by atoms with van der Waals surface area (Å²) in [5.74, 6) is 0.0383. The fourth-order valence-electron chi connectivity index (χ4n) is 3.14. The smallest absolute Gasteiger partial charge is 0.227 e. The maximum absolute atomic E-state index is 12.8. The van der Waals surface area contributed by atoms with E-state index in [9.17, 15) is 9.90 Å². The van der Waals surface area contributed by atoms with E-state index in [1.165, 1.54) is 0 Å². The van der Waals surface area contributed by atoms with Crippen LogP contribution in [0.5, 0.6) is 5.75 Å². The lowest BCUT2D eigenvalue weighted by Crippen LogP contribution is -2.28. The van der Waals surface area contributed by atoms with Gasteiger partial charge in [0.25, 0.3) is 0 Å². The van der Waals surface area contributed by atoms with Crippen molar-refractivity contribution in [3.05, 3.63) is 64.7 Å². The van der Waals surface area contributed by atoms with Crippen LogP contribution in [0.2, 0.25) is 0 Å². The second-order valence-corrected chi connectivity index (χ2v) is 9.39. The van der Waals surface area contributed by atoms with Crippen LogP contribution >= 0.6 is 0 Å². The second kappa shape index (κ2) is 7.75. The molecule has 1 unspecified atom stereocenters. The summed E-state index contributed by atoms with van der Waals surface area (Å²) in [6.07, 6.45) is 0. The Labute approximate surface area is 163 Å². The summed E-state index contributed by atoms with van der Waals surface area (Å²) in [5.41, 5.74) is 3.36. The van der Waals surface area contributed by atoms with Gasteiger partial charge in [-0.3, -0.25) is 4.79 Å². The Kier molecular flexibility index (Phi) is 6.04. The number of aromatic hydroxyl groups is 1. The zero-order chi connectivity index (χ0) is 20.4. The molecule has 2 aromatic rings. The largest absolute Gasteiger partial charge is 0.507 e. The molecule has 2 N–H and O–H groups in total. The van der Waals surface area contributed by atoms with Gasteiger partial charge in [0.15, 0.2) is 0 Å². The quantitative estimate of drug-likeness (QED) is 0.759. The van der Waals surface area contributed by atoms with Gasteiger partial charge in [-0.25, -0.2) is 0 Å². The summed E-state index contributed by atoms with van der Waals surface area (Å²) in [6.45, 7) is 14.9. The second-order valence-electron chi connectivity index (χ2n) is 9.39. The van der Waals surface area contributed by atoms with E-state index in [0.29, 0.717) is 12.3 Å². The van der Waals surface area contributed by atoms with E-state index < -0.39 is 0 Å². The molecule has 1 atom stereocenters. The number of carbonyl (C=O) groups excluding carboxylic acids is 1. The van der Waals surface area contributed by atoms with E-state index in [1.807, 2.05) is 49.4 Å². The van der Waals surface area contributed by atoms with Crippen molar-refractivity contribution >= 4 is 5.91 Å². The van der Waals surface area contributed by atoms with Crippen molar-refractivity contribution in [2.24, 2.45) is 0 Å². The number of phenols is 1. The summed E-state index contributed by atoms with van der Waals surface area (Å²) in [7, 11) is 0. The molecule has 0 bridgehead atoms. The van der Waals surface area contributed by atoms with Crippen LogP contribution in [-0.2, 0) is 22.2 Å². The molecule has 3 nitrogen and oxygen atoms in total. The van der Waals surface area contributed by atoms with Crippen molar-refractivity contribution in [3.8, 4) is 5.75 Å². The standard InChI is InChI=1S/C24H33NO2/c1-16(22(27)25-15-17-11-9-8-10-12-17)18-13-19(23(2,3)4)21(26)20(14-18)24(5,6)7/h8-14,16,26H,15H2,1-7H3,(H,25,27). The van der Waals surface area contributed by atoms with Crippen LogP contribution in [0.1, 0.15) is 76.6 Å². The molecule has 2 aromatic carbocycles. The predicted molar refractivity (Wildman–Crippen MR) is 112 cm³/mol. The maximum Gasteiger partial charge on any atom is 0.227 e. The molecule has 0 aromatic heterocycles. The average molecular weight is 368 g/mol. The molecule has 0 heterocycles. The first-order valence-electron chi connectivity index (χ1n) is 9.60. The third kappa shape index (κ3) is 5.12. The van der Waals surface area contributed by atoms with Crippen molar-refractivity contribution in [2.45, 2.75) is 71.8 Å². The molecule has 0 spiro atoms. The SMILES string of the molecule is CC(C(=O)NCc1ccccc1)c1cc(C(C)(C)C)c(O)c(C(C)(C)C)c1. The van der Waals surface area contributed by atoms with Gasteiger partial charge in [-0.15, -0.1) is 0 Å². The fraction of sp³-hybridized carbons (Fsp3) is 0.458. The van der Waals surface area contributed by atoms with Gasteiger partial charge in [0.05, 0.1) is 5.92 Å². The van der Waals surface area contributed by atoms with E-state index in [0.717, 1.165) is 22.3 Å². The van der Waals surface area contributed by atoms with Crippen LogP contribution in [0.15, 0.2) is 42.5 Å². The molecule has 3 heteroatoms. The Hall–Kier alpha value is -2.29. The maximum atomic E-state index is 12.8. The number of nitrogens with one attached hydrogen (secondary N) is 1. The van der Waals surface area contributed by atoms with Gasteiger partial charge in [-0.05, 0) is 40.0 Å². The minimum absolute atomic E-state index is 0.00994. The van der Waals surface area contributed by atoms with E-state index >= 15 is 0 Å². The van der Waals surface area contributed by atoms with Crippen LogP contribution in [0, 0.1) is 0 Å². The highest BCUT2D eigenvalue weighted by Crippen LogP contribution is 2.41. The Morgan fingerprint density at radius 2 is 1.44 bits per heavy atom. The van der Waals surface area contributed by atoms with Gasteiger partial charge in [0.1, 0.15) is 5.75 Å². The molecule has 0 aliphatic carbocycles. The number of amides is 1. The Balaban J connectivity index is 2.34. The van der Waals surface area contributed by atoms with Crippen LogP contribution in [-0.4, -0.2) is 11.0 Å². The molecule has 2 rings (SSSR count). The molecule has 0 fully saturated rings. The third-order valence-corrected chi connectivity index (χ3v) is 4.95. The van der Waals surface area contributed by atoms with E-state index in [1.54, 1.807) is 0 Å². The summed E-state index contributed by atoms with van der Waals surface area (Å²) < 4.78 is 0. The first kappa shape index (κ1) is 21.0. The van der Waals surface area contributed by atoms with Crippen molar-refractivity contribution in [1.82, 2.24) is 5.32 Å². The van der Waals surface area contributed by atoms with Crippen LogP contribution in [0.4, 0.5) is 0 Å². The number of phenolic OH excluding ortho intramolecular Hbond substituents is 1. The zero-order valence-corrected chi connectivity index (χ0v) is 17.7. The van der Waals surface area contributed by atoms with Crippen LogP contribution < -0.4 is 5.32 Å². The number of rotatable bonds is 4. The molecular formula is C24H33NO2. The molecule has 0 radical (unpaired) electrons. The number of hydrogen-bond acceptors (Lipinski definition) is 2. The third-order valence-electron chi connectivity index (χ3n) is 4.95. The minimum Gasteiger partial charge on any atom is -0.507 e. The minimum atomic E-state index is -0.295. The molecule has 1 amide bonds. The fourth-order valence-corrected chi connectivity index (χ4v) is 3.14. The van der Waals surface area contributed by atoms with Crippen LogP contribution in [0.3, 0.4) is 0 Å². The lowest BCUT2D eigenvalue weighted by atomic mass is 9.77. The molecular weight excluding hydrogens is 334 g/mol. The monoisotopic (exact) mass is 367 g/mol. The number of hydrogen-bond donors (Lipinski definition) is 2. The van der Waals surface area contributed by atoms with E-state index in [2.05, 4.69) is 46.9 Å². The first-order chi connectivity index (χ1) is 12.4. The molecule has 27 heavy (non-hydrogen) atoms. The summed E-state index contributed by atoms with van der Waals surface area (Å²) in [4.78, 5) is 12.8. The molecule has 0 saturated heterocycles. The summed E-state index contributed by atoms with van der Waals surface area (Å²) in [6, 6.07) is 13.9. The highest BCUT2D eigenvalue weighted by atomic mass is 16.3. The number of benzene rings is 2. The van der Waals surface area contributed by atoms with E-state index in [4.69, 9.17) is 0 Å². The summed E-state index contributed by atoms with van der Waals surface area (Å²) >= 11 is 0. The van der Waals surface area contributed by atoms with Crippen molar-refractivity contribution in [3.63, 3.8) is 0 Å². The Morgan fingerprint density at radius 3 is 1.89 bits per heavy atom.